The molecule has 0 spiro atoms. The molecule has 0 amide bonds. The van der Waals surface area contributed by atoms with Crippen LogP contribution in [0.5, 0.6) is 0 Å². The molecule has 4 heteroatoms. The van der Waals surface area contributed by atoms with Gasteiger partial charge in [0.25, 0.3) is 0 Å². The second kappa shape index (κ2) is 4.41. The van der Waals surface area contributed by atoms with E-state index in [0.717, 1.165) is 21.6 Å². The molecule has 0 aliphatic rings. The minimum Gasteiger partial charge on any atom is -0.240 e. The first-order valence-electron chi connectivity index (χ1n) is 4.49. The predicted octanol–water partition coefficient (Wildman–Crippen LogP) is 4.15. The number of benzene rings is 1. The Morgan fingerprint density at radius 2 is 2.00 bits per heavy atom. The van der Waals surface area contributed by atoms with Gasteiger partial charge in [-0.1, -0.05) is 15.9 Å². The molecule has 0 atom stereocenters. The molecular formula is C11H9BrFNS. The first-order valence-corrected chi connectivity index (χ1v) is 6.42. The van der Waals surface area contributed by atoms with Gasteiger partial charge in [0.05, 0.1) is 5.69 Å². The van der Waals surface area contributed by atoms with Gasteiger partial charge in [-0.25, -0.2) is 9.37 Å². The molecule has 2 rings (SSSR count). The third kappa shape index (κ3) is 2.26. The standard InChI is InChI=1S/C11H9BrFNS/c1-7-10(6-12)14-11(15-7)8-2-4-9(13)5-3-8/h2-5H,6H2,1H3. The van der Waals surface area contributed by atoms with Crippen LogP contribution in [0.2, 0.25) is 0 Å². The van der Waals surface area contributed by atoms with Crippen LogP contribution >= 0.6 is 27.3 Å². The van der Waals surface area contributed by atoms with E-state index in [-0.39, 0.29) is 5.82 Å². The first kappa shape index (κ1) is 10.8. The van der Waals surface area contributed by atoms with Crippen molar-refractivity contribution in [1.29, 1.82) is 0 Å². The monoisotopic (exact) mass is 285 g/mol. The fourth-order valence-electron chi connectivity index (χ4n) is 1.27. The number of rotatable bonds is 2. The molecule has 0 fully saturated rings. The molecule has 2 aromatic rings. The molecule has 1 heterocycles. The number of aromatic nitrogens is 1. The normalized spacial score (nSPS) is 10.6. The van der Waals surface area contributed by atoms with E-state index in [1.807, 2.05) is 6.92 Å². The molecule has 0 aliphatic carbocycles. The van der Waals surface area contributed by atoms with E-state index in [1.165, 1.54) is 17.0 Å². The Balaban J connectivity index is 2.41. The van der Waals surface area contributed by atoms with E-state index in [1.54, 1.807) is 23.5 Å². The van der Waals surface area contributed by atoms with Crippen molar-refractivity contribution >= 4 is 27.3 Å². The van der Waals surface area contributed by atoms with E-state index in [9.17, 15) is 4.39 Å². The van der Waals surface area contributed by atoms with E-state index in [0.29, 0.717) is 0 Å². The summed E-state index contributed by atoms with van der Waals surface area (Å²) < 4.78 is 12.7. The SMILES string of the molecule is Cc1sc(-c2ccc(F)cc2)nc1CBr. The highest BCUT2D eigenvalue weighted by Gasteiger charge is 2.07. The summed E-state index contributed by atoms with van der Waals surface area (Å²) in [5, 5.41) is 1.71. The summed E-state index contributed by atoms with van der Waals surface area (Å²) in [7, 11) is 0. The first-order chi connectivity index (χ1) is 7.20. The lowest BCUT2D eigenvalue weighted by molar-refractivity contribution is 0.628. The molecule has 15 heavy (non-hydrogen) atoms. The van der Waals surface area contributed by atoms with Crippen LogP contribution in [0.4, 0.5) is 4.39 Å². The van der Waals surface area contributed by atoms with Crippen LogP contribution in [0.1, 0.15) is 10.6 Å². The minimum absolute atomic E-state index is 0.215. The number of halogens is 2. The number of nitrogens with zero attached hydrogens (tertiary/aromatic N) is 1. The Bertz CT molecular complexity index is 464. The van der Waals surface area contributed by atoms with Gasteiger partial charge in [0.1, 0.15) is 10.8 Å². The van der Waals surface area contributed by atoms with Crippen LogP contribution in [0.3, 0.4) is 0 Å². The van der Waals surface area contributed by atoms with Gasteiger partial charge in [0.15, 0.2) is 0 Å². The van der Waals surface area contributed by atoms with Gasteiger partial charge in [0.2, 0.25) is 0 Å². The van der Waals surface area contributed by atoms with Gasteiger partial charge in [-0.05, 0) is 31.2 Å². The number of aryl methyl sites for hydroxylation is 1. The van der Waals surface area contributed by atoms with Crippen molar-refractivity contribution in [1.82, 2.24) is 4.98 Å². The van der Waals surface area contributed by atoms with Crippen molar-refractivity contribution < 1.29 is 4.39 Å². The van der Waals surface area contributed by atoms with E-state index < -0.39 is 0 Å². The molecule has 0 aliphatic heterocycles. The van der Waals surface area contributed by atoms with Gasteiger partial charge in [-0.15, -0.1) is 11.3 Å². The summed E-state index contributed by atoms with van der Waals surface area (Å²) in [6, 6.07) is 6.43. The largest absolute Gasteiger partial charge is 0.240 e. The third-order valence-electron chi connectivity index (χ3n) is 2.11. The highest BCUT2D eigenvalue weighted by Crippen LogP contribution is 2.28. The zero-order valence-electron chi connectivity index (χ0n) is 8.13. The molecule has 0 unspecified atom stereocenters. The second-order valence-electron chi connectivity index (χ2n) is 3.16. The topological polar surface area (TPSA) is 12.9 Å². The summed E-state index contributed by atoms with van der Waals surface area (Å²) >= 11 is 5.02. The second-order valence-corrected chi connectivity index (χ2v) is 4.93. The Labute approximate surface area is 100 Å². The number of hydrogen-bond acceptors (Lipinski definition) is 2. The van der Waals surface area contributed by atoms with Crippen molar-refractivity contribution in [2.75, 3.05) is 0 Å². The minimum atomic E-state index is -0.215. The van der Waals surface area contributed by atoms with Crippen LogP contribution in [-0.2, 0) is 5.33 Å². The Kier molecular flexibility index (Phi) is 3.17. The average molecular weight is 286 g/mol. The fraction of sp³-hybridized carbons (Fsp3) is 0.182. The maximum absolute atomic E-state index is 12.7. The summed E-state index contributed by atoms with van der Waals surface area (Å²) in [5.74, 6) is -0.215. The molecular weight excluding hydrogens is 277 g/mol. The van der Waals surface area contributed by atoms with Crippen LogP contribution in [0, 0.1) is 12.7 Å². The smallest absolute Gasteiger partial charge is 0.123 e. The van der Waals surface area contributed by atoms with E-state index in [2.05, 4.69) is 20.9 Å². The molecule has 1 aromatic carbocycles. The van der Waals surface area contributed by atoms with Gasteiger partial charge < -0.3 is 0 Å². The number of thiazole rings is 1. The Morgan fingerprint density at radius 3 is 2.53 bits per heavy atom. The lowest BCUT2D eigenvalue weighted by atomic mass is 10.2. The molecule has 78 valence electrons. The summed E-state index contributed by atoms with van der Waals surface area (Å²) in [6.07, 6.45) is 0. The zero-order chi connectivity index (χ0) is 10.8. The van der Waals surface area contributed by atoms with E-state index in [4.69, 9.17) is 0 Å². The Morgan fingerprint density at radius 1 is 1.33 bits per heavy atom. The molecule has 0 bridgehead atoms. The maximum Gasteiger partial charge on any atom is 0.123 e. The summed E-state index contributed by atoms with van der Waals surface area (Å²) in [4.78, 5) is 5.68. The molecule has 0 saturated heterocycles. The van der Waals surface area contributed by atoms with Crippen LogP contribution in [-0.4, -0.2) is 4.98 Å². The Hall–Kier alpha value is -0.740. The van der Waals surface area contributed by atoms with Gasteiger partial charge in [-0.3, -0.25) is 0 Å². The van der Waals surface area contributed by atoms with Crippen LogP contribution in [0.15, 0.2) is 24.3 Å². The lowest BCUT2D eigenvalue weighted by Gasteiger charge is -1.94. The lowest BCUT2D eigenvalue weighted by Crippen LogP contribution is -1.81. The quantitative estimate of drug-likeness (QED) is 0.756. The highest BCUT2D eigenvalue weighted by molar-refractivity contribution is 9.08. The van der Waals surface area contributed by atoms with Crippen LogP contribution < -0.4 is 0 Å². The molecule has 0 N–H and O–H groups in total. The highest BCUT2D eigenvalue weighted by atomic mass is 79.9. The number of hydrogen-bond donors (Lipinski definition) is 0. The van der Waals surface area contributed by atoms with Crippen molar-refractivity contribution in [3.63, 3.8) is 0 Å². The van der Waals surface area contributed by atoms with Crippen molar-refractivity contribution in [2.24, 2.45) is 0 Å². The van der Waals surface area contributed by atoms with Crippen molar-refractivity contribution in [2.45, 2.75) is 12.3 Å². The fourth-order valence-corrected chi connectivity index (χ4v) is 2.93. The van der Waals surface area contributed by atoms with E-state index >= 15 is 0 Å². The average Bonchev–Trinajstić information content (AvgIpc) is 2.61. The van der Waals surface area contributed by atoms with Gasteiger partial charge in [-0.2, -0.15) is 0 Å². The zero-order valence-corrected chi connectivity index (χ0v) is 10.5. The predicted molar refractivity (Wildman–Crippen MR) is 64.9 cm³/mol. The third-order valence-corrected chi connectivity index (χ3v) is 3.70. The van der Waals surface area contributed by atoms with Gasteiger partial charge in [0, 0.05) is 15.8 Å². The molecule has 0 saturated carbocycles. The summed E-state index contributed by atoms with van der Waals surface area (Å²) in [6.45, 7) is 2.04. The summed E-state index contributed by atoms with van der Waals surface area (Å²) in [5.41, 5.74) is 2.02. The molecule has 1 aromatic heterocycles. The molecule has 0 radical (unpaired) electrons. The van der Waals surface area contributed by atoms with Gasteiger partial charge >= 0.3 is 0 Å². The van der Waals surface area contributed by atoms with Crippen molar-refractivity contribution in [3.05, 3.63) is 40.7 Å². The number of alkyl halides is 1. The van der Waals surface area contributed by atoms with Crippen molar-refractivity contribution in [3.8, 4) is 10.6 Å². The molecule has 1 nitrogen and oxygen atoms in total. The van der Waals surface area contributed by atoms with Crippen LogP contribution in [0.25, 0.3) is 10.6 Å². The maximum atomic E-state index is 12.7.